The highest BCUT2D eigenvalue weighted by molar-refractivity contribution is 7.92. The van der Waals surface area contributed by atoms with Crippen molar-refractivity contribution >= 4 is 21.6 Å². The van der Waals surface area contributed by atoms with Gasteiger partial charge < -0.3 is 14.6 Å². The number of amides is 1. The molecule has 0 atom stereocenters. The van der Waals surface area contributed by atoms with Crippen LogP contribution in [-0.4, -0.2) is 32.5 Å². The molecular weight excluding hydrogens is 318 g/mol. The molecule has 8 heteroatoms. The Bertz CT molecular complexity index is 842. The van der Waals surface area contributed by atoms with Crippen LogP contribution in [0.25, 0.3) is 0 Å². The average molecular weight is 335 g/mol. The van der Waals surface area contributed by atoms with Gasteiger partial charge in [-0.2, -0.15) is 0 Å². The molecule has 0 saturated heterocycles. The van der Waals surface area contributed by atoms with Gasteiger partial charge in [-0.15, -0.1) is 0 Å². The minimum absolute atomic E-state index is 0.0624. The van der Waals surface area contributed by atoms with Crippen molar-refractivity contribution in [2.75, 3.05) is 18.4 Å². The molecular formula is C15H17N3O4S. The molecule has 1 aliphatic rings. The summed E-state index contributed by atoms with van der Waals surface area (Å²) in [6.07, 6.45) is 2.25. The molecule has 2 aromatic rings. The van der Waals surface area contributed by atoms with Crippen LogP contribution in [0.1, 0.15) is 16.9 Å². The SMILES string of the molecule is COc1cccc(NS(=O)(=O)c2cc3n(c2)CCCNC3=O)c1. The summed E-state index contributed by atoms with van der Waals surface area (Å²) < 4.78 is 34.3. The molecule has 1 aromatic carbocycles. The highest BCUT2D eigenvalue weighted by Crippen LogP contribution is 2.22. The van der Waals surface area contributed by atoms with E-state index in [1.807, 2.05) is 0 Å². The van der Waals surface area contributed by atoms with E-state index < -0.39 is 10.0 Å². The molecule has 1 aromatic heterocycles. The number of fused-ring (bicyclic) bond motifs is 1. The number of nitrogens with zero attached hydrogens (tertiary/aromatic N) is 1. The first-order chi connectivity index (χ1) is 11.0. The number of anilines is 1. The van der Waals surface area contributed by atoms with Gasteiger partial charge in [0, 0.05) is 25.4 Å². The number of hydrogen-bond acceptors (Lipinski definition) is 4. The van der Waals surface area contributed by atoms with Crippen molar-refractivity contribution in [3.05, 3.63) is 42.2 Å². The predicted molar refractivity (Wildman–Crippen MR) is 85.2 cm³/mol. The van der Waals surface area contributed by atoms with Crippen LogP contribution < -0.4 is 14.8 Å². The molecule has 3 rings (SSSR count). The molecule has 122 valence electrons. The summed E-state index contributed by atoms with van der Waals surface area (Å²) in [6.45, 7) is 1.19. The summed E-state index contributed by atoms with van der Waals surface area (Å²) in [4.78, 5) is 12.0. The minimum Gasteiger partial charge on any atom is -0.497 e. The maximum absolute atomic E-state index is 12.5. The number of carbonyl (C=O) groups is 1. The van der Waals surface area contributed by atoms with E-state index in [-0.39, 0.29) is 10.8 Å². The Balaban J connectivity index is 1.91. The third kappa shape index (κ3) is 3.16. The Morgan fingerprint density at radius 2 is 2.13 bits per heavy atom. The van der Waals surface area contributed by atoms with E-state index in [0.717, 1.165) is 6.42 Å². The van der Waals surface area contributed by atoms with Crippen LogP contribution >= 0.6 is 0 Å². The molecule has 0 spiro atoms. The van der Waals surface area contributed by atoms with E-state index in [0.29, 0.717) is 30.2 Å². The number of methoxy groups -OCH3 is 1. The van der Waals surface area contributed by atoms with Crippen LogP contribution in [0.5, 0.6) is 5.75 Å². The van der Waals surface area contributed by atoms with Gasteiger partial charge in [0.05, 0.1) is 12.8 Å². The van der Waals surface area contributed by atoms with E-state index in [2.05, 4.69) is 10.0 Å². The fourth-order valence-electron chi connectivity index (χ4n) is 2.45. The summed E-state index contributed by atoms with van der Waals surface area (Å²) in [5.41, 5.74) is 0.753. The molecule has 1 aliphatic heterocycles. The molecule has 0 unspecified atom stereocenters. The summed E-state index contributed by atoms with van der Waals surface area (Å²) >= 11 is 0. The number of aryl methyl sites for hydroxylation is 1. The van der Waals surface area contributed by atoms with Crippen molar-refractivity contribution in [1.29, 1.82) is 0 Å². The van der Waals surface area contributed by atoms with Crippen LogP contribution in [0.4, 0.5) is 5.69 Å². The van der Waals surface area contributed by atoms with Crippen LogP contribution in [0.2, 0.25) is 0 Å². The third-order valence-corrected chi connectivity index (χ3v) is 4.95. The lowest BCUT2D eigenvalue weighted by Gasteiger charge is -2.08. The molecule has 0 saturated carbocycles. The maximum atomic E-state index is 12.5. The number of hydrogen-bond donors (Lipinski definition) is 2. The monoisotopic (exact) mass is 335 g/mol. The van der Waals surface area contributed by atoms with Gasteiger partial charge in [-0.3, -0.25) is 9.52 Å². The molecule has 0 fully saturated rings. The predicted octanol–water partition coefficient (Wildman–Crippen LogP) is 1.43. The van der Waals surface area contributed by atoms with Gasteiger partial charge in [0.15, 0.2) is 0 Å². The van der Waals surface area contributed by atoms with E-state index in [1.54, 1.807) is 28.8 Å². The molecule has 23 heavy (non-hydrogen) atoms. The highest BCUT2D eigenvalue weighted by Gasteiger charge is 2.23. The molecule has 2 heterocycles. The third-order valence-electron chi connectivity index (χ3n) is 3.60. The minimum atomic E-state index is -3.77. The van der Waals surface area contributed by atoms with Gasteiger partial charge in [0.25, 0.3) is 15.9 Å². The fraction of sp³-hybridized carbons (Fsp3) is 0.267. The number of aromatic nitrogens is 1. The smallest absolute Gasteiger partial charge is 0.267 e. The number of benzene rings is 1. The maximum Gasteiger partial charge on any atom is 0.267 e. The second-order valence-corrected chi connectivity index (χ2v) is 6.88. The van der Waals surface area contributed by atoms with Crippen molar-refractivity contribution in [2.45, 2.75) is 17.9 Å². The van der Waals surface area contributed by atoms with Gasteiger partial charge >= 0.3 is 0 Å². The standard InChI is InChI=1S/C15H17N3O4S/c1-22-12-5-2-4-11(8-12)17-23(20,21)13-9-14-15(19)16-6-3-7-18(14)10-13/h2,4-5,8-10,17H,3,6-7H2,1H3,(H,16,19). The zero-order valence-electron chi connectivity index (χ0n) is 12.6. The molecule has 1 amide bonds. The zero-order chi connectivity index (χ0) is 16.4. The quantitative estimate of drug-likeness (QED) is 0.884. The second-order valence-electron chi connectivity index (χ2n) is 5.20. The van der Waals surface area contributed by atoms with Gasteiger partial charge in [0.1, 0.15) is 16.3 Å². The van der Waals surface area contributed by atoms with Crippen LogP contribution in [0, 0.1) is 0 Å². The summed E-state index contributed by atoms with van der Waals surface area (Å²) in [5, 5.41) is 2.74. The molecule has 0 aliphatic carbocycles. The van der Waals surface area contributed by atoms with E-state index >= 15 is 0 Å². The van der Waals surface area contributed by atoms with E-state index in [4.69, 9.17) is 4.74 Å². The van der Waals surface area contributed by atoms with E-state index in [1.165, 1.54) is 19.4 Å². The first kappa shape index (κ1) is 15.4. The number of sulfonamides is 1. The summed E-state index contributed by atoms with van der Waals surface area (Å²) in [6, 6.07) is 8.03. The number of rotatable bonds is 4. The number of carbonyl (C=O) groups excluding carboxylic acids is 1. The van der Waals surface area contributed by atoms with Crippen LogP contribution in [0.15, 0.2) is 41.4 Å². The molecule has 0 bridgehead atoms. The molecule has 2 N–H and O–H groups in total. The van der Waals surface area contributed by atoms with Crippen LogP contribution in [-0.2, 0) is 16.6 Å². The molecule has 0 radical (unpaired) electrons. The molecule has 7 nitrogen and oxygen atoms in total. The van der Waals surface area contributed by atoms with Crippen molar-refractivity contribution < 1.29 is 17.9 Å². The van der Waals surface area contributed by atoms with Gasteiger partial charge in [-0.25, -0.2) is 8.42 Å². The summed E-state index contributed by atoms with van der Waals surface area (Å²) in [7, 11) is -2.26. The number of ether oxygens (including phenoxy) is 1. The van der Waals surface area contributed by atoms with Gasteiger partial charge in [-0.05, 0) is 24.6 Å². The second kappa shape index (κ2) is 5.96. The Labute approximate surface area is 134 Å². The van der Waals surface area contributed by atoms with Crippen molar-refractivity contribution in [2.24, 2.45) is 0 Å². The first-order valence-corrected chi connectivity index (χ1v) is 8.63. The topological polar surface area (TPSA) is 89.4 Å². The normalized spacial score (nSPS) is 14.6. The first-order valence-electron chi connectivity index (χ1n) is 7.15. The lowest BCUT2D eigenvalue weighted by atomic mass is 10.3. The zero-order valence-corrected chi connectivity index (χ0v) is 13.4. The van der Waals surface area contributed by atoms with Gasteiger partial charge in [-0.1, -0.05) is 6.07 Å². The fourth-order valence-corrected chi connectivity index (χ4v) is 3.54. The lowest BCUT2D eigenvalue weighted by Crippen LogP contribution is -2.22. The Kier molecular flexibility index (Phi) is 3.99. The lowest BCUT2D eigenvalue weighted by molar-refractivity contribution is 0.0951. The number of nitrogens with one attached hydrogen (secondary N) is 2. The van der Waals surface area contributed by atoms with Crippen molar-refractivity contribution in [1.82, 2.24) is 9.88 Å². The Morgan fingerprint density at radius 3 is 2.91 bits per heavy atom. The van der Waals surface area contributed by atoms with Crippen molar-refractivity contribution in [3.63, 3.8) is 0 Å². The Morgan fingerprint density at radius 1 is 1.30 bits per heavy atom. The average Bonchev–Trinajstić information content (AvgIpc) is 2.89. The van der Waals surface area contributed by atoms with Crippen LogP contribution in [0.3, 0.4) is 0 Å². The Hall–Kier alpha value is -2.48. The summed E-state index contributed by atoms with van der Waals surface area (Å²) in [5.74, 6) is 0.294. The largest absolute Gasteiger partial charge is 0.497 e. The highest BCUT2D eigenvalue weighted by atomic mass is 32.2. The van der Waals surface area contributed by atoms with Gasteiger partial charge in [0.2, 0.25) is 0 Å². The van der Waals surface area contributed by atoms with Crippen molar-refractivity contribution in [3.8, 4) is 5.75 Å². The van der Waals surface area contributed by atoms with E-state index in [9.17, 15) is 13.2 Å².